The van der Waals surface area contributed by atoms with Crippen LogP contribution in [0.3, 0.4) is 0 Å². The number of nitrogens with one attached hydrogen (secondary N) is 2. The maximum absolute atomic E-state index is 12.8. The van der Waals surface area contributed by atoms with Crippen LogP contribution in [0.4, 0.5) is 10.1 Å². The second-order valence-electron chi connectivity index (χ2n) is 6.09. The summed E-state index contributed by atoms with van der Waals surface area (Å²) in [6, 6.07) is 12.2. The number of carbonyl (C=O) groups excluding carboxylic acids is 1. The van der Waals surface area contributed by atoms with E-state index in [1.165, 1.54) is 24.3 Å². The molecule has 5 nitrogen and oxygen atoms in total. The molecule has 1 amide bonds. The van der Waals surface area contributed by atoms with Crippen LogP contribution in [0.25, 0.3) is 0 Å². The summed E-state index contributed by atoms with van der Waals surface area (Å²) in [6.45, 7) is 0. The highest BCUT2D eigenvalue weighted by Crippen LogP contribution is 2.22. The molecule has 0 bridgehead atoms. The number of hydrogen-bond donors (Lipinski definition) is 2. The van der Waals surface area contributed by atoms with Gasteiger partial charge in [0.2, 0.25) is 15.9 Å². The number of hydrogen-bond acceptors (Lipinski definition) is 3. The molecule has 0 atom stereocenters. The highest BCUT2D eigenvalue weighted by atomic mass is 32.2. The number of amides is 1. The maximum Gasteiger partial charge on any atom is 0.240 e. The molecule has 0 saturated heterocycles. The lowest BCUT2D eigenvalue weighted by atomic mass is 10.1. The Morgan fingerprint density at radius 1 is 1.04 bits per heavy atom. The molecule has 7 heteroatoms. The molecule has 0 aromatic heterocycles. The van der Waals surface area contributed by atoms with Gasteiger partial charge in [-0.2, -0.15) is 0 Å². The van der Waals surface area contributed by atoms with Crippen molar-refractivity contribution in [3.8, 4) is 0 Å². The zero-order chi connectivity index (χ0) is 17.9. The summed E-state index contributed by atoms with van der Waals surface area (Å²) in [7, 11) is -3.45. The van der Waals surface area contributed by atoms with Crippen molar-refractivity contribution in [3.63, 3.8) is 0 Å². The van der Waals surface area contributed by atoms with Crippen LogP contribution in [0.2, 0.25) is 0 Å². The SMILES string of the molecule is O=C(CCc1ccc(S(=O)(=O)NC2CC2)cc1)Nc1ccc(F)cc1. The van der Waals surface area contributed by atoms with Crippen molar-refractivity contribution in [2.75, 3.05) is 5.32 Å². The Morgan fingerprint density at radius 3 is 2.28 bits per heavy atom. The summed E-state index contributed by atoms with van der Waals surface area (Å²) in [6.07, 6.45) is 2.52. The Morgan fingerprint density at radius 2 is 1.68 bits per heavy atom. The monoisotopic (exact) mass is 362 g/mol. The van der Waals surface area contributed by atoms with Crippen molar-refractivity contribution in [1.82, 2.24) is 4.72 Å². The van der Waals surface area contributed by atoms with E-state index in [-0.39, 0.29) is 29.1 Å². The van der Waals surface area contributed by atoms with Crippen LogP contribution in [-0.4, -0.2) is 20.4 Å². The first-order chi connectivity index (χ1) is 11.9. The second kappa shape index (κ2) is 7.33. The van der Waals surface area contributed by atoms with Crippen molar-refractivity contribution < 1.29 is 17.6 Å². The molecule has 1 fully saturated rings. The Hall–Kier alpha value is -2.25. The molecule has 0 heterocycles. The lowest BCUT2D eigenvalue weighted by molar-refractivity contribution is -0.116. The Kier molecular flexibility index (Phi) is 5.15. The van der Waals surface area contributed by atoms with Gasteiger partial charge < -0.3 is 5.32 Å². The zero-order valence-corrected chi connectivity index (χ0v) is 14.4. The number of anilines is 1. The number of rotatable bonds is 7. The average molecular weight is 362 g/mol. The molecule has 2 aromatic rings. The van der Waals surface area contributed by atoms with Crippen molar-refractivity contribution in [2.45, 2.75) is 36.6 Å². The molecule has 1 saturated carbocycles. The van der Waals surface area contributed by atoms with Gasteiger partial charge in [0, 0.05) is 18.2 Å². The van der Waals surface area contributed by atoms with E-state index >= 15 is 0 Å². The highest BCUT2D eigenvalue weighted by Gasteiger charge is 2.27. The van der Waals surface area contributed by atoms with Gasteiger partial charge in [0.05, 0.1) is 4.90 Å². The summed E-state index contributed by atoms with van der Waals surface area (Å²) in [5.74, 6) is -0.539. The van der Waals surface area contributed by atoms with Gasteiger partial charge in [-0.3, -0.25) is 4.79 Å². The first-order valence-corrected chi connectivity index (χ1v) is 9.57. The molecule has 0 unspecified atom stereocenters. The van der Waals surface area contributed by atoms with Crippen molar-refractivity contribution in [3.05, 3.63) is 59.9 Å². The van der Waals surface area contributed by atoms with E-state index in [4.69, 9.17) is 0 Å². The lowest BCUT2D eigenvalue weighted by Crippen LogP contribution is -2.25. The molecular formula is C18H19FN2O3S. The number of halogens is 1. The van der Waals surface area contributed by atoms with Crippen molar-refractivity contribution in [2.24, 2.45) is 0 Å². The van der Waals surface area contributed by atoms with Gasteiger partial charge in [-0.05, 0) is 61.2 Å². The molecule has 2 N–H and O–H groups in total. The number of sulfonamides is 1. The predicted octanol–water partition coefficient (Wildman–Crippen LogP) is 2.84. The van der Waals surface area contributed by atoms with Crippen LogP contribution in [0.1, 0.15) is 24.8 Å². The number of benzene rings is 2. The molecule has 0 aliphatic heterocycles. The van der Waals surface area contributed by atoms with Gasteiger partial charge in [-0.15, -0.1) is 0 Å². The van der Waals surface area contributed by atoms with Crippen LogP contribution in [0.15, 0.2) is 53.4 Å². The molecule has 0 radical (unpaired) electrons. The summed E-state index contributed by atoms with van der Waals surface area (Å²) < 4.78 is 39.6. The number of carbonyl (C=O) groups is 1. The van der Waals surface area contributed by atoms with Crippen molar-refractivity contribution in [1.29, 1.82) is 0 Å². The first kappa shape index (κ1) is 17.6. The van der Waals surface area contributed by atoms with Crippen molar-refractivity contribution >= 4 is 21.6 Å². The summed E-state index contributed by atoms with van der Waals surface area (Å²) in [4.78, 5) is 12.1. The summed E-state index contributed by atoms with van der Waals surface area (Å²) in [5.41, 5.74) is 1.42. The predicted molar refractivity (Wildman–Crippen MR) is 93.1 cm³/mol. The molecular weight excluding hydrogens is 343 g/mol. The van der Waals surface area contributed by atoms with Gasteiger partial charge in [0.25, 0.3) is 0 Å². The van der Waals surface area contributed by atoms with Crippen LogP contribution in [0, 0.1) is 5.82 Å². The standard InChI is InChI=1S/C18H19FN2O3S/c19-14-4-6-15(7-5-14)20-18(22)12-3-13-1-10-17(11-2-13)25(23,24)21-16-8-9-16/h1-2,4-7,10-11,16,21H,3,8-9,12H2,(H,20,22). The fourth-order valence-electron chi connectivity index (χ4n) is 2.34. The van der Waals surface area contributed by atoms with Gasteiger partial charge in [0.1, 0.15) is 5.82 Å². The van der Waals surface area contributed by atoms with E-state index in [0.717, 1.165) is 18.4 Å². The second-order valence-corrected chi connectivity index (χ2v) is 7.81. The first-order valence-electron chi connectivity index (χ1n) is 8.09. The van der Waals surface area contributed by atoms with Crippen LogP contribution in [0.5, 0.6) is 0 Å². The largest absolute Gasteiger partial charge is 0.326 e. The molecule has 1 aliphatic carbocycles. The molecule has 0 spiro atoms. The highest BCUT2D eigenvalue weighted by molar-refractivity contribution is 7.89. The van der Waals surface area contributed by atoms with Crippen LogP contribution >= 0.6 is 0 Å². The van der Waals surface area contributed by atoms with E-state index < -0.39 is 10.0 Å². The van der Waals surface area contributed by atoms with Crippen LogP contribution in [-0.2, 0) is 21.2 Å². The maximum atomic E-state index is 12.8. The molecule has 3 rings (SSSR count). The average Bonchev–Trinajstić information content (AvgIpc) is 3.39. The molecule has 132 valence electrons. The third-order valence-corrected chi connectivity index (χ3v) is 5.44. The number of aryl methyl sites for hydroxylation is 1. The fourth-order valence-corrected chi connectivity index (χ4v) is 3.64. The lowest BCUT2D eigenvalue weighted by Gasteiger charge is -2.07. The minimum Gasteiger partial charge on any atom is -0.326 e. The molecule has 2 aromatic carbocycles. The third-order valence-electron chi connectivity index (χ3n) is 3.90. The smallest absolute Gasteiger partial charge is 0.240 e. The topological polar surface area (TPSA) is 75.3 Å². The van der Waals surface area contributed by atoms with Gasteiger partial charge in [-0.25, -0.2) is 17.5 Å². The summed E-state index contributed by atoms with van der Waals surface area (Å²) in [5, 5.41) is 2.69. The molecule has 1 aliphatic rings. The molecule has 25 heavy (non-hydrogen) atoms. The minimum absolute atomic E-state index is 0.0693. The normalized spacial score (nSPS) is 14.3. The quantitative estimate of drug-likeness (QED) is 0.795. The van der Waals surface area contributed by atoms with E-state index in [2.05, 4.69) is 10.0 Å². The van der Waals surface area contributed by atoms with Gasteiger partial charge in [0.15, 0.2) is 0 Å². The Balaban J connectivity index is 1.52. The van der Waals surface area contributed by atoms with E-state index in [0.29, 0.717) is 12.1 Å². The van der Waals surface area contributed by atoms with E-state index in [1.807, 2.05) is 0 Å². The van der Waals surface area contributed by atoms with Crippen LogP contribution < -0.4 is 10.0 Å². The minimum atomic E-state index is -3.45. The zero-order valence-electron chi connectivity index (χ0n) is 13.5. The van der Waals surface area contributed by atoms with E-state index in [9.17, 15) is 17.6 Å². The fraction of sp³-hybridized carbons (Fsp3) is 0.278. The summed E-state index contributed by atoms with van der Waals surface area (Å²) >= 11 is 0. The van der Waals surface area contributed by atoms with Gasteiger partial charge in [-0.1, -0.05) is 12.1 Å². The van der Waals surface area contributed by atoms with Gasteiger partial charge >= 0.3 is 0 Å². The third kappa shape index (κ3) is 5.11. The Bertz CT molecular complexity index is 845. The Labute approximate surface area is 146 Å². The van der Waals surface area contributed by atoms with E-state index in [1.54, 1.807) is 24.3 Å².